The zero-order chi connectivity index (χ0) is 15.5. The number of sulfonamides is 1. The van der Waals surface area contributed by atoms with Crippen LogP contribution in [0.5, 0.6) is 0 Å². The number of nitrogens with one attached hydrogen (secondary N) is 1. The predicted octanol–water partition coefficient (Wildman–Crippen LogP) is 2.92. The molecule has 2 rings (SSSR count). The zero-order valence-corrected chi connectivity index (χ0v) is 13.3. The van der Waals surface area contributed by atoms with E-state index < -0.39 is 10.0 Å². The van der Waals surface area contributed by atoms with Crippen LogP contribution in [0.3, 0.4) is 0 Å². The lowest BCUT2D eigenvalue weighted by Gasteiger charge is -2.12. The summed E-state index contributed by atoms with van der Waals surface area (Å²) in [4.78, 5) is 0.101. The van der Waals surface area contributed by atoms with Gasteiger partial charge in [-0.3, -0.25) is 4.72 Å². The van der Waals surface area contributed by atoms with Gasteiger partial charge in [-0.25, -0.2) is 8.42 Å². The molecule has 0 radical (unpaired) electrons. The van der Waals surface area contributed by atoms with Crippen LogP contribution in [-0.4, -0.2) is 13.4 Å². The minimum atomic E-state index is -3.58. The van der Waals surface area contributed by atoms with Crippen molar-refractivity contribution in [3.05, 3.63) is 64.7 Å². The summed E-state index contributed by atoms with van der Waals surface area (Å²) in [6.07, 6.45) is 0. The van der Waals surface area contributed by atoms with Crippen LogP contribution < -0.4 is 10.5 Å². The van der Waals surface area contributed by atoms with E-state index in [9.17, 15) is 8.42 Å². The SMILES string of the molecule is NC(=S)c1ccc(Cl)cc1NS(=O)(=O)Cc1ccccc1. The molecule has 0 fully saturated rings. The normalized spacial score (nSPS) is 11.1. The first kappa shape index (κ1) is 15.8. The highest BCUT2D eigenvalue weighted by Crippen LogP contribution is 2.23. The van der Waals surface area contributed by atoms with E-state index in [1.54, 1.807) is 36.4 Å². The Labute approximate surface area is 134 Å². The van der Waals surface area contributed by atoms with Crippen molar-refractivity contribution >= 4 is 44.5 Å². The molecule has 110 valence electrons. The second-order valence-electron chi connectivity index (χ2n) is 4.40. The molecule has 0 bridgehead atoms. The second kappa shape index (κ2) is 6.43. The van der Waals surface area contributed by atoms with Gasteiger partial charge in [0, 0.05) is 10.6 Å². The van der Waals surface area contributed by atoms with Crippen LogP contribution >= 0.6 is 23.8 Å². The standard InChI is InChI=1S/C14H13ClN2O2S2/c15-11-6-7-12(14(16)20)13(8-11)17-21(18,19)9-10-4-2-1-3-5-10/h1-8,17H,9H2,(H2,16,20). The molecule has 0 saturated heterocycles. The molecule has 0 aliphatic heterocycles. The molecule has 0 aromatic heterocycles. The van der Waals surface area contributed by atoms with Gasteiger partial charge >= 0.3 is 0 Å². The quantitative estimate of drug-likeness (QED) is 0.821. The molecule has 4 nitrogen and oxygen atoms in total. The molecule has 7 heteroatoms. The van der Waals surface area contributed by atoms with E-state index in [0.717, 1.165) is 0 Å². The first-order chi connectivity index (χ1) is 9.87. The Morgan fingerprint density at radius 3 is 2.48 bits per heavy atom. The van der Waals surface area contributed by atoms with E-state index in [-0.39, 0.29) is 16.4 Å². The Morgan fingerprint density at radius 2 is 1.86 bits per heavy atom. The first-order valence-electron chi connectivity index (χ1n) is 6.01. The van der Waals surface area contributed by atoms with Crippen LogP contribution in [0.25, 0.3) is 0 Å². The number of hydrogen-bond donors (Lipinski definition) is 2. The summed E-state index contributed by atoms with van der Waals surface area (Å²) < 4.78 is 26.9. The fourth-order valence-corrected chi connectivity index (χ4v) is 3.37. The van der Waals surface area contributed by atoms with Crippen LogP contribution in [0, 0.1) is 0 Å². The summed E-state index contributed by atoms with van der Waals surface area (Å²) in [7, 11) is -3.58. The number of benzene rings is 2. The van der Waals surface area contributed by atoms with Gasteiger partial charge in [-0.05, 0) is 23.8 Å². The third-order valence-corrected chi connectivity index (χ3v) is 4.41. The molecule has 3 N–H and O–H groups in total. The van der Waals surface area contributed by atoms with E-state index in [0.29, 0.717) is 16.1 Å². The Hall–Kier alpha value is -1.63. The summed E-state index contributed by atoms with van der Waals surface area (Å²) in [5.41, 5.74) is 6.99. The van der Waals surface area contributed by atoms with Gasteiger partial charge in [0.2, 0.25) is 10.0 Å². The highest BCUT2D eigenvalue weighted by Gasteiger charge is 2.15. The zero-order valence-electron chi connectivity index (χ0n) is 10.9. The summed E-state index contributed by atoms with van der Waals surface area (Å²) in [5, 5.41) is 0.396. The lowest BCUT2D eigenvalue weighted by atomic mass is 10.2. The Kier molecular flexibility index (Phi) is 4.82. The fraction of sp³-hybridized carbons (Fsp3) is 0.0714. The third kappa shape index (κ3) is 4.42. The smallest absolute Gasteiger partial charge is 0.236 e. The van der Waals surface area contributed by atoms with Gasteiger partial charge in [0.1, 0.15) is 4.99 Å². The molecule has 0 heterocycles. The van der Waals surface area contributed by atoms with Gasteiger partial charge in [-0.2, -0.15) is 0 Å². The van der Waals surface area contributed by atoms with E-state index in [4.69, 9.17) is 29.6 Å². The number of hydrogen-bond acceptors (Lipinski definition) is 3. The van der Waals surface area contributed by atoms with Gasteiger partial charge in [-0.1, -0.05) is 54.2 Å². The van der Waals surface area contributed by atoms with E-state index >= 15 is 0 Å². The molecular weight excluding hydrogens is 328 g/mol. The topological polar surface area (TPSA) is 72.2 Å². The molecule has 0 atom stereocenters. The molecule has 0 aliphatic carbocycles. The summed E-state index contributed by atoms with van der Waals surface area (Å²) in [6.45, 7) is 0. The summed E-state index contributed by atoms with van der Waals surface area (Å²) in [6, 6.07) is 13.5. The maximum Gasteiger partial charge on any atom is 0.236 e. The Balaban J connectivity index is 2.28. The van der Waals surface area contributed by atoms with Crippen LogP contribution in [0.2, 0.25) is 5.02 Å². The molecule has 2 aromatic rings. The van der Waals surface area contributed by atoms with Crippen molar-refractivity contribution in [1.82, 2.24) is 0 Å². The molecule has 0 unspecified atom stereocenters. The molecule has 0 aliphatic rings. The molecule has 0 amide bonds. The minimum Gasteiger partial charge on any atom is -0.389 e. The average Bonchev–Trinajstić information content (AvgIpc) is 2.38. The monoisotopic (exact) mass is 340 g/mol. The van der Waals surface area contributed by atoms with Crippen LogP contribution in [0.1, 0.15) is 11.1 Å². The van der Waals surface area contributed by atoms with Crippen LogP contribution in [0.4, 0.5) is 5.69 Å². The molecular formula is C14H13ClN2O2S2. The summed E-state index contributed by atoms with van der Waals surface area (Å²) >= 11 is 10.8. The Bertz CT molecular complexity index is 762. The maximum absolute atomic E-state index is 12.2. The average molecular weight is 341 g/mol. The van der Waals surface area contributed by atoms with Gasteiger partial charge in [0.05, 0.1) is 11.4 Å². The minimum absolute atomic E-state index is 0.101. The van der Waals surface area contributed by atoms with E-state index in [1.807, 2.05) is 6.07 Å². The van der Waals surface area contributed by atoms with Gasteiger partial charge in [-0.15, -0.1) is 0 Å². The van der Waals surface area contributed by atoms with Crippen molar-refractivity contribution in [2.75, 3.05) is 4.72 Å². The number of anilines is 1. The van der Waals surface area contributed by atoms with Crippen LogP contribution in [0.15, 0.2) is 48.5 Å². The highest BCUT2D eigenvalue weighted by atomic mass is 35.5. The molecule has 0 spiro atoms. The molecule has 0 saturated carbocycles. The van der Waals surface area contributed by atoms with Gasteiger partial charge in [0.15, 0.2) is 0 Å². The molecule has 2 aromatic carbocycles. The third-order valence-electron chi connectivity index (χ3n) is 2.71. The lowest BCUT2D eigenvalue weighted by Crippen LogP contribution is -2.19. The number of halogens is 1. The van der Waals surface area contributed by atoms with E-state index in [2.05, 4.69) is 4.72 Å². The second-order valence-corrected chi connectivity index (χ2v) is 7.00. The highest BCUT2D eigenvalue weighted by molar-refractivity contribution is 7.92. The van der Waals surface area contributed by atoms with Crippen molar-refractivity contribution in [3.8, 4) is 0 Å². The molecule has 21 heavy (non-hydrogen) atoms. The van der Waals surface area contributed by atoms with Crippen molar-refractivity contribution in [3.63, 3.8) is 0 Å². The maximum atomic E-state index is 12.2. The first-order valence-corrected chi connectivity index (χ1v) is 8.45. The van der Waals surface area contributed by atoms with Crippen LogP contribution in [-0.2, 0) is 15.8 Å². The van der Waals surface area contributed by atoms with Crippen molar-refractivity contribution < 1.29 is 8.42 Å². The number of thiocarbonyl (C=S) groups is 1. The largest absolute Gasteiger partial charge is 0.389 e. The Morgan fingerprint density at radius 1 is 1.19 bits per heavy atom. The fourth-order valence-electron chi connectivity index (χ4n) is 1.81. The van der Waals surface area contributed by atoms with E-state index in [1.165, 1.54) is 6.07 Å². The van der Waals surface area contributed by atoms with Crippen molar-refractivity contribution in [2.24, 2.45) is 5.73 Å². The summed E-state index contributed by atoms with van der Waals surface area (Å²) in [5.74, 6) is -0.142. The number of nitrogens with two attached hydrogens (primary N) is 1. The predicted molar refractivity (Wildman–Crippen MR) is 90.0 cm³/mol. The number of rotatable bonds is 5. The van der Waals surface area contributed by atoms with Gasteiger partial charge in [0.25, 0.3) is 0 Å². The van der Waals surface area contributed by atoms with Crippen molar-refractivity contribution in [1.29, 1.82) is 0 Å². The van der Waals surface area contributed by atoms with Crippen molar-refractivity contribution in [2.45, 2.75) is 5.75 Å². The lowest BCUT2D eigenvalue weighted by molar-refractivity contribution is 0.600. The van der Waals surface area contributed by atoms with Gasteiger partial charge < -0.3 is 5.73 Å².